The van der Waals surface area contributed by atoms with Gasteiger partial charge in [0.05, 0.1) is 17.6 Å². The fourth-order valence-electron chi connectivity index (χ4n) is 4.87. The van der Waals surface area contributed by atoms with E-state index in [0.717, 1.165) is 66.4 Å². The lowest BCUT2D eigenvalue weighted by Crippen LogP contribution is -2.38. The first-order chi connectivity index (χ1) is 16.4. The van der Waals surface area contributed by atoms with E-state index in [1.165, 1.54) is 5.56 Å². The van der Waals surface area contributed by atoms with Gasteiger partial charge >= 0.3 is 0 Å². The third-order valence-electron chi connectivity index (χ3n) is 6.89. The van der Waals surface area contributed by atoms with Crippen molar-refractivity contribution in [3.05, 3.63) is 53.6 Å². The summed E-state index contributed by atoms with van der Waals surface area (Å²) in [5.41, 5.74) is 6.08. The lowest BCUT2D eigenvalue weighted by Gasteiger charge is -2.32. The minimum absolute atomic E-state index is 0.262. The van der Waals surface area contributed by atoms with Crippen LogP contribution in [0.4, 0.5) is 5.82 Å². The number of anilines is 1. The lowest BCUT2D eigenvalue weighted by atomic mass is 10.0. The van der Waals surface area contributed by atoms with E-state index in [4.69, 9.17) is 15.0 Å². The molecule has 1 aliphatic rings. The average Bonchev–Trinajstić information content (AvgIpc) is 3.36. The molecule has 8 heteroatoms. The minimum Gasteiger partial charge on any atom is -0.365 e. The van der Waals surface area contributed by atoms with Crippen LogP contribution >= 0.6 is 0 Å². The van der Waals surface area contributed by atoms with Crippen molar-refractivity contribution >= 4 is 17.0 Å². The summed E-state index contributed by atoms with van der Waals surface area (Å²) in [5.74, 6) is 1.53. The van der Waals surface area contributed by atoms with Crippen molar-refractivity contribution in [2.75, 3.05) is 18.4 Å². The maximum absolute atomic E-state index is 4.99. The molecule has 4 heterocycles. The Bertz CT molecular complexity index is 1280. The van der Waals surface area contributed by atoms with Gasteiger partial charge in [-0.15, -0.1) is 0 Å². The van der Waals surface area contributed by atoms with Crippen LogP contribution in [0.2, 0.25) is 0 Å². The van der Waals surface area contributed by atoms with Gasteiger partial charge in [-0.25, -0.2) is 15.0 Å². The van der Waals surface area contributed by atoms with Crippen molar-refractivity contribution in [1.82, 2.24) is 34.2 Å². The van der Waals surface area contributed by atoms with Crippen molar-refractivity contribution < 1.29 is 0 Å². The summed E-state index contributed by atoms with van der Waals surface area (Å²) in [5, 5.41) is 8.32. The van der Waals surface area contributed by atoms with E-state index < -0.39 is 0 Å². The summed E-state index contributed by atoms with van der Waals surface area (Å²) in [6.45, 7) is 11.5. The summed E-state index contributed by atoms with van der Waals surface area (Å²) in [7, 11) is 1.96. The topological polar surface area (TPSA) is 76.7 Å². The van der Waals surface area contributed by atoms with E-state index >= 15 is 0 Å². The Morgan fingerprint density at radius 2 is 1.79 bits per heavy atom. The van der Waals surface area contributed by atoms with Gasteiger partial charge in [-0.3, -0.25) is 9.58 Å². The van der Waals surface area contributed by atoms with Crippen LogP contribution in [0.3, 0.4) is 0 Å². The Labute approximate surface area is 201 Å². The molecule has 34 heavy (non-hydrogen) atoms. The molecule has 0 atom stereocenters. The Morgan fingerprint density at radius 3 is 2.44 bits per heavy atom. The van der Waals surface area contributed by atoms with Crippen LogP contribution in [0.1, 0.15) is 49.7 Å². The number of aryl methyl sites for hydroxylation is 2. The molecule has 1 N–H and O–H groups in total. The standard InChI is InChI=1S/C26H34N8/c1-17(2)34-16-27-23-25(29-24(30-26(23)34)22-18(3)31-32(5)19(22)4)28-21-11-13-33(14-12-21)15-20-9-7-6-8-10-20/h6-10,16-17,21H,11-15H2,1-5H3,(H,28,29,30). The maximum atomic E-state index is 4.99. The number of hydrogen-bond acceptors (Lipinski definition) is 6. The van der Waals surface area contributed by atoms with Crippen molar-refractivity contribution in [2.24, 2.45) is 7.05 Å². The van der Waals surface area contributed by atoms with Gasteiger partial charge in [0.1, 0.15) is 5.52 Å². The van der Waals surface area contributed by atoms with Crippen molar-refractivity contribution in [3.8, 4) is 11.4 Å². The number of benzene rings is 1. The first-order valence-electron chi connectivity index (χ1n) is 12.2. The van der Waals surface area contributed by atoms with E-state index in [1.807, 2.05) is 25.0 Å². The monoisotopic (exact) mass is 458 g/mol. The summed E-state index contributed by atoms with van der Waals surface area (Å²) in [6, 6.07) is 11.3. The van der Waals surface area contributed by atoms with Gasteiger partial charge in [0.2, 0.25) is 0 Å². The summed E-state index contributed by atoms with van der Waals surface area (Å²) in [6.07, 6.45) is 4.03. The molecule has 3 aromatic heterocycles. The predicted octanol–water partition coefficient (Wildman–Crippen LogP) is 4.50. The molecular weight excluding hydrogens is 424 g/mol. The van der Waals surface area contributed by atoms with Gasteiger partial charge in [0, 0.05) is 44.5 Å². The van der Waals surface area contributed by atoms with Crippen LogP contribution in [0.25, 0.3) is 22.6 Å². The Kier molecular flexibility index (Phi) is 6.08. The number of rotatable bonds is 6. The molecule has 0 aliphatic carbocycles. The highest BCUT2D eigenvalue weighted by Crippen LogP contribution is 2.30. The zero-order valence-corrected chi connectivity index (χ0v) is 20.8. The van der Waals surface area contributed by atoms with Crippen LogP contribution in [-0.4, -0.2) is 53.3 Å². The van der Waals surface area contributed by atoms with Crippen LogP contribution < -0.4 is 5.32 Å². The van der Waals surface area contributed by atoms with E-state index in [-0.39, 0.29) is 6.04 Å². The molecular formula is C26H34N8. The molecule has 1 saturated heterocycles. The average molecular weight is 459 g/mol. The molecule has 0 unspecified atom stereocenters. The van der Waals surface area contributed by atoms with Crippen molar-refractivity contribution in [3.63, 3.8) is 0 Å². The Balaban J connectivity index is 1.41. The number of imidazole rings is 1. The minimum atomic E-state index is 0.262. The highest BCUT2D eigenvalue weighted by atomic mass is 15.3. The van der Waals surface area contributed by atoms with E-state index in [0.29, 0.717) is 11.9 Å². The summed E-state index contributed by atoms with van der Waals surface area (Å²) >= 11 is 0. The first-order valence-corrected chi connectivity index (χ1v) is 12.2. The number of nitrogens with zero attached hydrogens (tertiary/aromatic N) is 7. The lowest BCUT2D eigenvalue weighted by molar-refractivity contribution is 0.211. The van der Waals surface area contributed by atoms with E-state index in [9.17, 15) is 0 Å². The maximum Gasteiger partial charge on any atom is 0.167 e. The zero-order chi connectivity index (χ0) is 23.8. The van der Waals surface area contributed by atoms with Gasteiger partial charge in [-0.2, -0.15) is 5.10 Å². The van der Waals surface area contributed by atoms with Crippen LogP contribution in [0.15, 0.2) is 36.7 Å². The van der Waals surface area contributed by atoms with Gasteiger partial charge in [-0.05, 0) is 46.1 Å². The zero-order valence-electron chi connectivity index (χ0n) is 20.8. The second kappa shape index (κ2) is 9.18. The molecule has 0 radical (unpaired) electrons. The van der Waals surface area contributed by atoms with E-state index in [2.05, 4.69) is 71.0 Å². The third kappa shape index (κ3) is 4.30. The molecule has 1 fully saturated rings. The van der Waals surface area contributed by atoms with Crippen LogP contribution in [0, 0.1) is 13.8 Å². The third-order valence-corrected chi connectivity index (χ3v) is 6.89. The molecule has 1 aromatic carbocycles. The fraction of sp³-hybridized carbons (Fsp3) is 0.462. The smallest absolute Gasteiger partial charge is 0.167 e. The number of likely N-dealkylation sites (tertiary alicyclic amines) is 1. The highest BCUT2D eigenvalue weighted by Gasteiger charge is 2.24. The largest absolute Gasteiger partial charge is 0.365 e. The summed E-state index contributed by atoms with van der Waals surface area (Å²) in [4.78, 5) is 17.2. The van der Waals surface area contributed by atoms with Gasteiger partial charge in [0.25, 0.3) is 0 Å². The van der Waals surface area contributed by atoms with Crippen LogP contribution in [-0.2, 0) is 13.6 Å². The van der Waals surface area contributed by atoms with Crippen molar-refractivity contribution in [1.29, 1.82) is 0 Å². The number of nitrogens with one attached hydrogen (secondary N) is 1. The molecule has 8 nitrogen and oxygen atoms in total. The number of aromatic nitrogens is 6. The molecule has 5 rings (SSSR count). The predicted molar refractivity (Wildman–Crippen MR) is 136 cm³/mol. The number of piperidine rings is 1. The highest BCUT2D eigenvalue weighted by molar-refractivity contribution is 5.85. The fourth-order valence-corrected chi connectivity index (χ4v) is 4.87. The van der Waals surface area contributed by atoms with Crippen molar-refractivity contribution in [2.45, 2.75) is 59.2 Å². The van der Waals surface area contributed by atoms with Crippen LogP contribution in [0.5, 0.6) is 0 Å². The molecule has 0 saturated carbocycles. The molecule has 4 aromatic rings. The first kappa shape index (κ1) is 22.5. The second-order valence-electron chi connectivity index (χ2n) is 9.66. The van der Waals surface area contributed by atoms with E-state index in [1.54, 1.807) is 0 Å². The van der Waals surface area contributed by atoms with Gasteiger partial charge in [0.15, 0.2) is 17.3 Å². The molecule has 1 aliphatic heterocycles. The second-order valence-corrected chi connectivity index (χ2v) is 9.66. The summed E-state index contributed by atoms with van der Waals surface area (Å²) < 4.78 is 4.02. The molecule has 0 amide bonds. The molecule has 0 bridgehead atoms. The van der Waals surface area contributed by atoms with Gasteiger partial charge < -0.3 is 9.88 Å². The van der Waals surface area contributed by atoms with Gasteiger partial charge in [-0.1, -0.05) is 30.3 Å². The SMILES string of the molecule is Cc1nn(C)c(C)c1-c1nc(NC2CCN(Cc3ccccc3)CC2)c2ncn(C(C)C)c2n1. The Hall–Kier alpha value is -3.26. The molecule has 178 valence electrons. The number of fused-ring (bicyclic) bond motifs is 1. The quantitative estimate of drug-likeness (QED) is 0.458. The number of hydrogen-bond donors (Lipinski definition) is 1. The molecule has 0 spiro atoms. The normalized spacial score (nSPS) is 15.5. The Morgan fingerprint density at radius 1 is 1.06 bits per heavy atom.